The number of benzene rings is 1. The van der Waals surface area contributed by atoms with Crippen LogP contribution in [0.4, 0.5) is 0 Å². The van der Waals surface area contributed by atoms with Crippen LogP contribution in [0.1, 0.15) is 28.4 Å². The Balaban J connectivity index is 1.86. The number of hydrogen-bond donors (Lipinski definition) is 1. The van der Waals surface area contributed by atoms with Gasteiger partial charge in [-0.05, 0) is 37.7 Å². The molecule has 3 aromatic rings. The van der Waals surface area contributed by atoms with Crippen LogP contribution in [0.3, 0.4) is 0 Å². The molecule has 0 fully saturated rings. The van der Waals surface area contributed by atoms with Gasteiger partial charge in [0.05, 0.1) is 17.3 Å². The molecule has 2 aromatic heterocycles. The zero-order valence-corrected chi connectivity index (χ0v) is 13.3. The fourth-order valence-electron chi connectivity index (χ4n) is 2.55. The van der Waals surface area contributed by atoms with Gasteiger partial charge in [0.2, 0.25) is 0 Å². The first-order valence-corrected chi connectivity index (χ1v) is 8.22. The van der Waals surface area contributed by atoms with Crippen molar-refractivity contribution in [1.82, 2.24) is 10.3 Å². The lowest BCUT2D eigenvalue weighted by molar-refractivity contribution is 0.582. The van der Waals surface area contributed by atoms with Crippen molar-refractivity contribution in [3.8, 4) is 0 Å². The van der Waals surface area contributed by atoms with Gasteiger partial charge in [-0.1, -0.05) is 31.2 Å². The molecule has 1 atom stereocenters. The molecule has 0 bridgehead atoms. The van der Waals surface area contributed by atoms with E-state index in [0.29, 0.717) is 0 Å². The van der Waals surface area contributed by atoms with Gasteiger partial charge < -0.3 is 5.32 Å². The van der Waals surface area contributed by atoms with E-state index < -0.39 is 0 Å². The third-order valence-electron chi connectivity index (χ3n) is 3.80. The molecule has 21 heavy (non-hydrogen) atoms. The van der Waals surface area contributed by atoms with Crippen LogP contribution in [0.25, 0.3) is 10.9 Å². The molecule has 0 saturated heterocycles. The number of hydrogen-bond acceptors (Lipinski definition) is 3. The summed E-state index contributed by atoms with van der Waals surface area (Å²) in [7, 11) is 2.01. The number of rotatable bonds is 5. The van der Waals surface area contributed by atoms with E-state index >= 15 is 0 Å². The Kier molecular flexibility index (Phi) is 4.32. The summed E-state index contributed by atoms with van der Waals surface area (Å²) in [5.41, 5.74) is 2.18. The Labute approximate surface area is 129 Å². The van der Waals surface area contributed by atoms with Crippen LogP contribution in [0.15, 0.2) is 48.5 Å². The maximum absolute atomic E-state index is 4.81. The number of thiophene rings is 1. The fraction of sp³-hybridized carbons (Fsp3) is 0.278. The second-order valence-corrected chi connectivity index (χ2v) is 6.45. The van der Waals surface area contributed by atoms with E-state index in [1.54, 1.807) is 0 Å². The number of aryl methyl sites for hydroxylation is 1. The Morgan fingerprint density at radius 2 is 1.86 bits per heavy atom. The Morgan fingerprint density at radius 3 is 2.62 bits per heavy atom. The highest BCUT2D eigenvalue weighted by atomic mass is 32.1. The first-order chi connectivity index (χ1) is 10.3. The molecule has 0 amide bonds. The predicted octanol–water partition coefficient (Wildman–Crippen LogP) is 4.36. The maximum Gasteiger partial charge on any atom is 0.0706 e. The summed E-state index contributed by atoms with van der Waals surface area (Å²) < 4.78 is 0. The molecule has 0 saturated carbocycles. The molecule has 1 N–H and O–H groups in total. The highest BCUT2D eigenvalue weighted by Crippen LogP contribution is 2.24. The monoisotopic (exact) mass is 296 g/mol. The highest BCUT2D eigenvalue weighted by Gasteiger charge is 2.13. The lowest BCUT2D eigenvalue weighted by Crippen LogP contribution is -2.19. The molecular weight excluding hydrogens is 276 g/mol. The van der Waals surface area contributed by atoms with Gasteiger partial charge in [-0.15, -0.1) is 11.3 Å². The number of likely N-dealkylation sites (N-methyl/N-ethyl adjacent to an activating group) is 1. The molecule has 0 radical (unpaired) electrons. The smallest absolute Gasteiger partial charge is 0.0706 e. The molecule has 1 unspecified atom stereocenters. The zero-order chi connectivity index (χ0) is 14.7. The molecule has 3 rings (SSSR count). The summed E-state index contributed by atoms with van der Waals surface area (Å²) in [4.78, 5) is 7.68. The fourth-order valence-corrected chi connectivity index (χ4v) is 3.56. The maximum atomic E-state index is 4.81. The van der Waals surface area contributed by atoms with E-state index in [4.69, 9.17) is 4.98 Å². The second-order valence-electron chi connectivity index (χ2n) is 5.20. The van der Waals surface area contributed by atoms with Crippen LogP contribution in [0.2, 0.25) is 0 Å². The standard InChI is InChI=1S/C18H20N2S/c1-3-14-9-10-15(21-14)12-18(19-2)17-11-8-13-6-4-5-7-16(13)20-17/h4-11,18-19H,3,12H2,1-2H3. The largest absolute Gasteiger partial charge is 0.311 e. The molecule has 0 spiro atoms. The van der Waals surface area contributed by atoms with Crippen molar-refractivity contribution in [2.75, 3.05) is 7.05 Å². The van der Waals surface area contributed by atoms with E-state index in [1.165, 1.54) is 15.1 Å². The molecule has 2 nitrogen and oxygen atoms in total. The van der Waals surface area contributed by atoms with Crippen LogP contribution in [0.5, 0.6) is 0 Å². The van der Waals surface area contributed by atoms with Gasteiger partial charge in [0.15, 0.2) is 0 Å². The number of para-hydroxylation sites is 1. The van der Waals surface area contributed by atoms with Gasteiger partial charge in [-0.25, -0.2) is 0 Å². The van der Waals surface area contributed by atoms with Gasteiger partial charge in [0, 0.05) is 21.6 Å². The summed E-state index contributed by atoms with van der Waals surface area (Å²) in [6.07, 6.45) is 2.11. The van der Waals surface area contributed by atoms with Gasteiger partial charge in [-0.2, -0.15) is 0 Å². The number of nitrogens with zero attached hydrogens (tertiary/aromatic N) is 1. The average Bonchev–Trinajstić information content (AvgIpc) is 3.00. The molecule has 0 aliphatic rings. The quantitative estimate of drug-likeness (QED) is 0.756. The van der Waals surface area contributed by atoms with Crippen LogP contribution >= 0.6 is 11.3 Å². The summed E-state index contributed by atoms with van der Waals surface area (Å²) in [5.74, 6) is 0. The van der Waals surface area contributed by atoms with E-state index in [0.717, 1.165) is 24.1 Å². The minimum Gasteiger partial charge on any atom is -0.311 e. The number of pyridine rings is 1. The minimum absolute atomic E-state index is 0.262. The van der Waals surface area contributed by atoms with Crippen molar-refractivity contribution in [1.29, 1.82) is 0 Å². The van der Waals surface area contributed by atoms with Crippen LogP contribution in [0, 0.1) is 0 Å². The molecule has 108 valence electrons. The Morgan fingerprint density at radius 1 is 1.05 bits per heavy atom. The lowest BCUT2D eigenvalue weighted by Gasteiger charge is -2.15. The van der Waals surface area contributed by atoms with E-state index in [2.05, 4.69) is 54.7 Å². The van der Waals surface area contributed by atoms with E-state index in [-0.39, 0.29) is 6.04 Å². The van der Waals surface area contributed by atoms with E-state index in [9.17, 15) is 0 Å². The van der Waals surface area contributed by atoms with Gasteiger partial charge >= 0.3 is 0 Å². The van der Waals surface area contributed by atoms with Crippen molar-refractivity contribution in [2.24, 2.45) is 0 Å². The molecule has 3 heteroatoms. The minimum atomic E-state index is 0.262. The molecule has 2 heterocycles. The molecule has 0 aliphatic heterocycles. The number of fused-ring (bicyclic) bond motifs is 1. The van der Waals surface area contributed by atoms with Crippen LogP contribution in [-0.4, -0.2) is 12.0 Å². The first kappa shape index (κ1) is 14.2. The Bertz CT molecular complexity index is 733. The predicted molar refractivity (Wildman–Crippen MR) is 90.9 cm³/mol. The van der Waals surface area contributed by atoms with Crippen molar-refractivity contribution in [2.45, 2.75) is 25.8 Å². The third-order valence-corrected chi connectivity index (χ3v) is 5.05. The van der Waals surface area contributed by atoms with Crippen molar-refractivity contribution in [3.05, 3.63) is 64.0 Å². The number of nitrogens with one attached hydrogen (secondary N) is 1. The van der Waals surface area contributed by atoms with Gasteiger partial charge in [0.25, 0.3) is 0 Å². The zero-order valence-electron chi connectivity index (χ0n) is 12.5. The Hall–Kier alpha value is -1.71. The van der Waals surface area contributed by atoms with Gasteiger partial charge in [0.1, 0.15) is 0 Å². The second kappa shape index (κ2) is 6.37. The average molecular weight is 296 g/mol. The van der Waals surface area contributed by atoms with Gasteiger partial charge in [-0.3, -0.25) is 4.98 Å². The molecule has 0 aliphatic carbocycles. The third kappa shape index (κ3) is 3.14. The number of aromatic nitrogens is 1. The lowest BCUT2D eigenvalue weighted by atomic mass is 10.1. The molecule has 1 aromatic carbocycles. The summed E-state index contributed by atoms with van der Waals surface area (Å²) in [5, 5.41) is 4.60. The highest BCUT2D eigenvalue weighted by molar-refractivity contribution is 7.11. The first-order valence-electron chi connectivity index (χ1n) is 7.40. The van der Waals surface area contributed by atoms with Crippen LogP contribution < -0.4 is 5.32 Å². The normalized spacial score (nSPS) is 12.7. The summed E-state index contributed by atoms with van der Waals surface area (Å²) in [6.45, 7) is 2.20. The summed E-state index contributed by atoms with van der Waals surface area (Å²) in [6, 6.07) is 17.3. The van der Waals surface area contributed by atoms with Crippen molar-refractivity contribution in [3.63, 3.8) is 0 Å². The SMILES string of the molecule is CCc1ccc(CC(NC)c2ccc3ccccc3n2)s1. The van der Waals surface area contributed by atoms with Crippen LogP contribution in [-0.2, 0) is 12.8 Å². The summed E-state index contributed by atoms with van der Waals surface area (Å²) >= 11 is 1.91. The van der Waals surface area contributed by atoms with Crippen molar-refractivity contribution < 1.29 is 0 Å². The molecular formula is C18H20N2S. The van der Waals surface area contributed by atoms with E-state index in [1.807, 2.05) is 24.5 Å². The topological polar surface area (TPSA) is 24.9 Å². The van der Waals surface area contributed by atoms with Crippen molar-refractivity contribution >= 4 is 22.2 Å².